The van der Waals surface area contributed by atoms with E-state index < -0.39 is 0 Å². The minimum atomic E-state index is -0.227. The van der Waals surface area contributed by atoms with Crippen molar-refractivity contribution in [2.45, 2.75) is 46.1 Å². The molecule has 1 heterocycles. The van der Waals surface area contributed by atoms with Crippen LogP contribution >= 0.6 is 0 Å². The number of aryl methyl sites for hydroxylation is 2. The number of rotatable bonds is 13. The lowest BCUT2D eigenvalue weighted by atomic mass is 10.0. The maximum absolute atomic E-state index is 13.0. The van der Waals surface area contributed by atoms with Gasteiger partial charge in [0.25, 0.3) is 5.91 Å². The van der Waals surface area contributed by atoms with Gasteiger partial charge in [0.05, 0.1) is 39.0 Å². The monoisotopic (exact) mass is 545 g/mol. The van der Waals surface area contributed by atoms with Gasteiger partial charge in [0.15, 0.2) is 11.5 Å². The van der Waals surface area contributed by atoms with Gasteiger partial charge in [-0.2, -0.15) is 0 Å². The Bertz CT molecular complexity index is 1440. The Morgan fingerprint density at radius 3 is 2.35 bits per heavy atom. The quantitative estimate of drug-likeness (QED) is 0.210. The van der Waals surface area contributed by atoms with E-state index >= 15 is 0 Å². The van der Waals surface area contributed by atoms with E-state index in [2.05, 4.69) is 54.9 Å². The van der Waals surface area contributed by atoms with Gasteiger partial charge in [-0.15, -0.1) is 0 Å². The second kappa shape index (κ2) is 13.2. The molecule has 8 nitrogen and oxygen atoms in total. The lowest BCUT2D eigenvalue weighted by molar-refractivity contribution is 0.0953. The molecule has 0 bridgehead atoms. The molecule has 0 fully saturated rings. The van der Waals surface area contributed by atoms with Gasteiger partial charge < -0.3 is 28.8 Å². The van der Waals surface area contributed by atoms with Crippen molar-refractivity contribution >= 4 is 16.9 Å². The largest absolute Gasteiger partial charge is 0.493 e. The fourth-order valence-corrected chi connectivity index (χ4v) is 4.82. The van der Waals surface area contributed by atoms with Crippen molar-refractivity contribution in [1.82, 2.24) is 14.9 Å². The summed E-state index contributed by atoms with van der Waals surface area (Å²) >= 11 is 0. The number of hydrogen-bond acceptors (Lipinski definition) is 6. The fraction of sp³-hybridized carbons (Fsp3) is 0.375. The van der Waals surface area contributed by atoms with Gasteiger partial charge in [0.2, 0.25) is 5.75 Å². The topological polar surface area (TPSA) is 83.8 Å². The molecule has 1 amide bonds. The number of imidazole rings is 1. The molecule has 212 valence electrons. The maximum atomic E-state index is 13.0. The zero-order valence-electron chi connectivity index (χ0n) is 24.2. The van der Waals surface area contributed by atoms with E-state index in [1.807, 2.05) is 18.2 Å². The summed E-state index contributed by atoms with van der Waals surface area (Å²) in [5, 5.41) is 3.00. The summed E-state index contributed by atoms with van der Waals surface area (Å²) in [5.74, 6) is 3.36. The van der Waals surface area contributed by atoms with Crippen molar-refractivity contribution in [1.29, 1.82) is 0 Å². The van der Waals surface area contributed by atoms with E-state index in [9.17, 15) is 4.79 Å². The first kappa shape index (κ1) is 28.8. The Labute approximate surface area is 236 Å². The Morgan fingerprint density at radius 1 is 0.950 bits per heavy atom. The molecule has 4 aromatic rings. The number of nitrogens with one attached hydrogen (secondary N) is 1. The predicted molar refractivity (Wildman–Crippen MR) is 157 cm³/mol. The van der Waals surface area contributed by atoms with Gasteiger partial charge in [-0.25, -0.2) is 4.98 Å². The second-order valence-electron chi connectivity index (χ2n) is 9.99. The highest BCUT2D eigenvalue weighted by atomic mass is 16.5. The minimum Gasteiger partial charge on any atom is -0.493 e. The SMILES string of the molecule is COc1cc(C(=O)NCCc2nc3ccccc3n2CCCOc2cc(C)ccc2C(C)C)cc(OC)c1OC. The molecule has 8 heteroatoms. The molecule has 40 heavy (non-hydrogen) atoms. The summed E-state index contributed by atoms with van der Waals surface area (Å²) in [6.07, 6.45) is 1.41. The summed E-state index contributed by atoms with van der Waals surface area (Å²) in [5.41, 5.74) is 4.86. The summed E-state index contributed by atoms with van der Waals surface area (Å²) in [7, 11) is 4.58. The van der Waals surface area contributed by atoms with Gasteiger partial charge >= 0.3 is 0 Å². The molecule has 0 radical (unpaired) electrons. The van der Waals surface area contributed by atoms with Crippen molar-refractivity contribution in [3.05, 3.63) is 77.1 Å². The first-order valence-corrected chi connectivity index (χ1v) is 13.6. The standard InChI is InChI=1S/C32H39N3O5/c1-21(2)24-13-12-22(3)18-27(24)40-17-9-16-35-26-11-8-7-10-25(26)34-30(35)14-15-33-32(36)23-19-28(37-4)31(39-6)29(20-23)38-5/h7-8,10-13,18-21H,9,14-17H2,1-6H3,(H,33,36). The van der Waals surface area contributed by atoms with Gasteiger partial charge in [-0.3, -0.25) is 4.79 Å². The van der Waals surface area contributed by atoms with E-state index in [0.717, 1.165) is 35.6 Å². The molecule has 0 aliphatic carbocycles. The molecular weight excluding hydrogens is 506 g/mol. The Morgan fingerprint density at radius 2 is 1.68 bits per heavy atom. The average Bonchev–Trinajstić information content (AvgIpc) is 3.31. The highest BCUT2D eigenvalue weighted by Gasteiger charge is 2.17. The number of methoxy groups -OCH3 is 3. The van der Waals surface area contributed by atoms with Gasteiger partial charge in [0.1, 0.15) is 11.6 Å². The molecule has 1 aromatic heterocycles. The predicted octanol–water partition coefficient (Wildman–Crippen LogP) is 5.94. The molecule has 0 saturated carbocycles. The third kappa shape index (κ3) is 6.50. The first-order chi connectivity index (χ1) is 19.4. The van der Waals surface area contributed by atoms with Crippen LogP contribution in [0.1, 0.15) is 53.5 Å². The van der Waals surface area contributed by atoms with E-state index in [0.29, 0.717) is 48.3 Å². The number of nitrogens with zero attached hydrogens (tertiary/aromatic N) is 2. The van der Waals surface area contributed by atoms with E-state index in [4.69, 9.17) is 23.9 Å². The maximum Gasteiger partial charge on any atom is 0.251 e. The van der Waals surface area contributed by atoms with Crippen LogP contribution in [-0.4, -0.2) is 49.9 Å². The number of carbonyl (C=O) groups excluding carboxylic acids is 1. The first-order valence-electron chi connectivity index (χ1n) is 13.6. The lowest BCUT2D eigenvalue weighted by Gasteiger charge is -2.16. The Balaban J connectivity index is 1.42. The third-order valence-corrected chi connectivity index (χ3v) is 6.87. The Kier molecular flexibility index (Phi) is 9.53. The van der Waals surface area contributed by atoms with Crippen LogP contribution in [0.5, 0.6) is 23.0 Å². The number of hydrogen-bond donors (Lipinski definition) is 1. The average molecular weight is 546 g/mol. The smallest absolute Gasteiger partial charge is 0.251 e. The van der Waals surface area contributed by atoms with Crippen molar-refractivity contribution in [2.75, 3.05) is 34.5 Å². The summed E-state index contributed by atoms with van der Waals surface area (Å²) in [6, 6.07) is 17.8. The van der Waals surface area contributed by atoms with Crippen LogP contribution in [0.25, 0.3) is 11.0 Å². The summed E-state index contributed by atoms with van der Waals surface area (Å²) < 4.78 is 24.6. The number of aromatic nitrogens is 2. The summed E-state index contributed by atoms with van der Waals surface area (Å²) in [6.45, 7) is 8.24. The highest BCUT2D eigenvalue weighted by molar-refractivity contribution is 5.95. The zero-order chi connectivity index (χ0) is 28.6. The van der Waals surface area contributed by atoms with Gasteiger partial charge in [-0.1, -0.05) is 38.1 Å². The van der Waals surface area contributed by atoms with Gasteiger partial charge in [0, 0.05) is 25.1 Å². The van der Waals surface area contributed by atoms with Crippen molar-refractivity contribution in [3.63, 3.8) is 0 Å². The molecule has 0 unspecified atom stereocenters. The van der Waals surface area contributed by atoms with E-state index in [1.54, 1.807) is 12.1 Å². The normalized spacial score (nSPS) is 11.1. The second-order valence-corrected chi connectivity index (χ2v) is 9.99. The molecule has 0 saturated heterocycles. The molecule has 0 aliphatic heterocycles. The number of fused-ring (bicyclic) bond motifs is 1. The minimum absolute atomic E-state index is 0.227. The molecule has 0 atom stereocenters. The number of carbonyl (C=O) groups is 1. The molecule has 4 rings (SSSR count). The number of benzene rings is 3. The van der Waals surface area contributed by atoms with Crippen molar-refractivity contribution < 1.29 is 23.7 Å². The molecule has 3 aromatic carbocycles. The molecule has 0 spiro atoms. The van der Waals surface area contributed by atoms with Gasteiger partial charge in [-0.05, 0) is 60.7 Å². The molecule has 0 aliphatic rings. The molecule has 1 N–H and O–H groups in total. The van der Waals surface area contributed by atoms with Crippen LogP contribution in [0.2, 0.25) is 0 Å². The van der Waals surface area contributed by atoms with Crippen LogP contribution in [0, 0.1) is 6.92 Å². The Hall–Kier alpha value is -4.20. The number of amides is 1. The highest BCUT2D eigenvalue weighted by Crippen LogP contribution is 2.38. The van der Waals surface area contributed by atoms with E-state index in [1.165, 1.54) is 32.5 Å². The van der Waals surface area contributed by atoms with Crippen LogP contribution in [0.4, 0.5) is 0 Å². The van der Waals surface area contributed by atoms with Crippen LogP contribution in [0.3, 0.4) is 0 Å². The molecular formula is C32H39N3O5. The van der Waals surface area contributed by atoms with Crippen LogP contribution in [-0.2, 0) is 13.0 Å². The fourth-order valence-electron chi connectivity index (χ4n) is 4.82. The van der Waals surface area contributed by atoms with Crippen molar-refractivity contribution in [3.8, 4) is 23.0 Å². The lowest BCUT2D eigenvalue weighted by Crippen LogP contribution is -2.26. The zero-order valence-corrected chi connectivity index (χ0v) is 24.2. The van der Waals surface area contributed by atoms with Crippen LogP contribution < -0.4 is 24.3 Å². The number of para-hydroxylation sites is 2. The third-order valence-electron chi connectivity index (χ3n) is 6.87. The van der Waals surface area contributed by atoms with E-state index in [-0.39, 0.29) is 5.91 Å². The number of ether oxygens (including phenoxy) is 4. The van der Waals surface area contributed by atoms with Crippen molar-refractivity contribution in [2.24, 2.45) is 0 Å². The van der Waals surface area contributed by atoms with Crippen LogP contribution in [0.15, 0.2) is 54.6 Å². The summed E-state index contributed by atoms with van der Waals surface area (Å²) in [4.78, 5) is 17.8.